The van der Waals surface area contributed by atoms with Crippen LogP contribution < -0.4 is 0 Å². The first kappa shape index (κ1) is 20.5. The van der Waals surface area contributed by atoms with Crippen LogP contribution >= 0.6 is 0 Å². The summed E-state index contributed by atoms with van der Waals surface area (Å²) in [7, 11) is 0. The Hall–Kier alpha value is -3.45. The van der Waals surface area contributed by atoms with E-state index in [0.29, 0.717) is 37.4 Å². The van der Waals surface area contributed by atoms with Crippen molar-refractivity contribution in [3.8, 4) is 11.3 Å². The van der Waals surface area contributed by atoms with Gasteiger partial charge in [-0.2, -0.15) is 0 Å². The lowest BCUT2D eigenvalue weighted by atomic mass is 9.80. The third-order valence-electron chi connectivity index (χ3n) is 6.20. The second-order valence-corrected chi connectivity index (χ2v) is 8.28. The standard InChI is InChI=1S/C25H24N2O5/c28-24(19-8-6-18(7-9-19)23-10-11-26-32-23)20-12-21-15-30-16-22(13-20)27(21)25(29)31-14-17-4-2-1-3-5-17/h1-11,20-22H,12-16H2. The van der Waals surface area contributed by atoms with Gasteiger partial charge in [0.05, 0.1) is 31.5 Å². The minimum Gasteiger partial charge on any atom is -0.445 e. The predicted octanol–water partition coefficient (Wildman–Crippen LogP) is 4.34. The highest BCUT2D eigenvalue weighted by molar-refractivity contribution is 5.98. The molecule has 2 aromatic carbocycles. The highest BCUT2D eigenvalue weighted by atomic mass is 16.6. The van der Waals surface area contributed by atoms with E-state index in [-0.39, 0.29) is 36.5 Å². The van der Waals surface area contributed by atoms with E-state index in [1.54, 1.807) is 17.2 Å². The SMILES string of the molecule is O=C(c1ccc(-c2ccno2)cc1)C1CC2COCC(C1)N2C(=O)OCc1ccccc1. The molecule has 0 aliphatic carbocycles. The first-order valence-corrected chi connectivity index (χ1v) is 10.8. The van der Waals surface area contributed by atoms with Crippen LogP contribution in [0.15, 0.2) is 71.4 Å². The molecule has 2 fully saturated rings. The fraction of sp³-hybridized carbons (Fsp3) is 0.320. The smallest absolute Gasteiger partial charge is 0.410 e. The fourth-order valence-corrected chi connectivity index (χ4v) is 4.62. The van der Waals surface area contributed by atoms with Crippen LogP contribution in [-0.4, -0.2) is 47.2 Å². The molecule has 0 radical (unpaired) electrons. The van der Waals surface area contributed by atoms with Crippen molar-refractivity contribution in [2.75, 3.05) is 13.2 Å². The van der Waals surface area contributed by atoms with Gasteiger partial charge in [-0.25, -0.2) is 4.79 Å². The minimum atomic E-state index is -0.338. The molecule has 2 bridgehead atoms. The Morgan fingerprint density at radius 2 is 1.69 bits per heavy atom. The summed E-state index contributed by atoms with van der Waals surface area (Å²) in [5.74, 6) is 0.615. The number of benzene rings is 2. The third kappa shape index (κ3) is 4.16. The Morgan fingerprint density at radius 1 is 0.969 bits per heavy atom. The molecule has 2 aliphatic rings. The lowest BCUT2D eigenvalue weighted by molar-refractivity contribution is -0.0755. The highest BCUT2D eigenvalue weighted by Crippen LogP contribution is 2.34. The van der Waals surface area contributed by atoms with Crippen LogP contribution in [0.1, 0.15) is 28.8 Å². The predicted molar refractivity (Wildman–Crippen MR) is 116 cm³/mol. The number of morpholine rings is 1. The molecule has 7 heteroatoms. The lowest BCUT2D eigenvalue weighted by Crippen LogP contribution is -2.59. The van der Waals surface area contributed by atoms with Gasteiger partial charge in [0, 0.05) is 23.1 Å². The van der Waals surface area contributed by atoms with Crippen LogP contribution in [-0.2, 0) is 16.1 Å². The Morgan fingerprint density at radius 3 is 2.34 bits per heavy atom. The second-order valence-electron chi connectivity index (χ2n) is 8.28. The average molecular weight is 432 g/mol. The lowest BCUT2D eigenvalue weighted by Gasteiger charge is -2.47. The summed E-state index contributed by atoms with van der Waals surface area (Å²) in [6.45, 7) is 1.08. The van der Waals surface area contributed by atoms with E-state index in [4.69, 9.17) is 14.0 Å². The number of carbonyl (C=O) groups excluding carboxylic acids is 2. The molecule has 2 aliphatic heterocycles. The molecular weight excluding hydrogens is 408 g/mol. The Bertz CT molecular complexity index is 1050. The average Bonchev–Trinajstić information content (AvgIpc) is 3.37. The van der Waals surface area contributed by atoms with E-state index in [0.717, 1.165) is 11.1 Å². The molecule has 2 saturated heterocycles. The van der Waals surface area contributed by atoms with Gasteiger partial charge >= 0.3 is 6.09 Å². The molecule has 3 aromatic rings. The molecule has 7 nitrogen and oxygen atoms in total. The molecule has 164 valence electrons. The molecular formula is C25H24N2O5. The van der Waals surface area contributed by atoms with Crippen molar-refractivity contribution in [3.05, 3.63) is 78.0 Å². The number of nitrogens with zero attached hydrogens (tertiary/aromatic N) is 2. The van der Waals surface area contributed by atoms with Crippen molar-refractivity contribution in [2.24, 2.45) is 5.92 Å². The van der Waals surface area contributed by atoms with E-state index in [9.17, 15) is 9.59 Å². The molecule has 2 atom stereocenters. The van der Waals surface area contributed by atoms with Gasteiger partial charge in [0.25, 0.3) is 0 Å². The van der Waals surface area contributed by atoms with Crippen LogP contribution in [0.4, 0.5) is 4.79 Å². The number of hydrogen-bond donors (Lipinski definition) is 0. The van der Waals surface area contributed by atoms with Crippen LogP contribution in [0.5, 0.6) is 0 Å². The van der Waals surface area contributed by atoms with Gasteiger partial charge in [0.2, 0.25) is 0 Å². The molecule has 1 aromatic heterocycles. The van der Waals surface area contributed by atoms with Crippen LogP contribution in [0.2, 0.25) is 0 Å². The first-order valence-electron chi connectivity index (χ1n) is 10.8. The Kier molecular flexibility index (Phi) is 5.73. The van der Waals surface area contributed by atoms with Crippen LogP contribution in [0.3, 0.4) is 0 Å². The van der Waals surface area contributed by atoms with Crippen molar-refractivity contribution in [3.63, 3.8) is 0 Å². The number of ketones is 1. The monoisotopic (exact) mass is 432 g/mol. The number of piperidine rings is 1. The molecule has 32 heavy (non-hydrogen) atoms. The number of rotatable bonds is 5. The topological polar surface area (TPSA) is 81.9 Å². The summed E-state index contributed by atoms with van der Waals surface area (Å²) in [5, 5.41) is 3.72. The molecule has 0 spiro atoms. The van der Waals surface area contributed by atoms with Crippen molar-refractivity contribution in [2.45, 2.75) is 31.5 Å². The van der Waals surface area contributed by atoms with Crippen LogP contribution in [0.25, 0.3) is 11.3 Å². The van der Waals surface area contributed by atoms with E-state index in [1.807, 2.05) is 54.6 Å². The molecule has 0 N–H and O–H groups in total. The summed E-state index contributed by atoms with van der Waals surface area (Å²) in [4.78, 5) is 27.8. The number of Topliss-reactive ketones (excluding diaryl/α,β-unsaturated/α-hetero) is 1. The van der Waals surface area contributed by atoms with Gasteiger partial charge in [-0.3, -0.25) is 9.69 Å². The first-order chi connectivity index (χ1) is 15.7. The van der Waals surface area contributed by atoms with Gasteiger partial charge in [0.15, 0.2) is 11.5 Å². The summed E-state index contributed by atoms with van der Waals surface area (Å²) < 4.78 is 16.4. The van der Waals surface area contributed by atoms with E-state index < -0.39 is 0 Å². The summed E-state index contributed by atoms with van der Waals surface area (Å²) >= 11 is 0. The highest BCUT2D eigenvalue weighted by Gasteiger charge is 2.44. The van der Waals surface area contributed by atoms with E-state index >= 15 is 0 Å². The van der Waals surface area contributed by atoms with Gasteiger partial charge in [-0.15, -0.1) is 0 Å². The van der Waals surface area contributed by atoms with Crippen molar-refractivity contribution in [1.82, 2.24) is 10.1 Å². The minimum absolute atomic E-state index is 0.100. The summed E-state index contributed by atoms with van der Waals surface area (Å²) in [6, 6.07) is 18.5. The number of fused-ring (bicyclic) bond motifs is 2. The normalized spacial score (nSPS) is 22.4. The van der Waals surface area contributed by atoms with Crippen molar-refractivity contribution >= 4 is 11.9 Å². The number of aromatic nitrogens is 1. The van der Waals surface area contributed by atoms with E-state index in [2.05, 4.69) is 5.16 Å². The van der Waals surface area contributed by atoms with Gasteiger partial charge in [-0.1, -0.05) is 59.8 Å². The molecule has 3 heterocycles. The second kappa shape index (κ2) is 8.96. The Balaban J connectivity index is 1.24. The molecule has 1 amide bonds. The largest absolute Gasteiger partial charge is 0.445 e. The zero-order chi connectivity index (χ0) is 21.9. The zero-order valence-corrected chi connectivity index (χ0v) is 17.6. The maximum atomic E-state index is 13.2. The number of carbonyl (C=O) groups is 2. The van der Waals surface area contributed by atoms with Crippen molar-refractivity contribution in [1.29, 1.82) is 0 Å². The van der Waals surface area contributed by atoms with Crippen molar-refractivity contribution < 1.29 is 23.6 Å². The fourth-order valence-electron chi connectivity index (χ4n) is 4.62. The third-order valence-corrected chi connectivity index (χ3v) is 6.20. The Labute approximate surface area is 185 Å². The summed E-state index contributed by atoms with van der Waals surface area (Å²) in [6.07, 6.45) is 2.39. The molecule has 0 saturated carbocycles. The van der Waals surface area contributed by atoms with Gasteiger partial charge in [0.1, 0.15) is 6.61 Å². The maximum Gasteiger partial charge on any atom is 0.410 e. The maximum absolute atomic E-state index is 13.2. The quantitative estimate of drug-likeness (QED) is 0.558. The number of hydrogen-bond acceptors (Lipinski definition) is 6. The van der Waals surface area contributed by atoms with Gasteiger partial charge < -0.3 is 14.0 Å². The molecule has 2 unspecified atom stereocenters. The summed E-state index contributed by atoms with van der Waals surface area (Å²) in [5.41, 5.74) is 2.48. The zero-order valence-electron chi connectivity index (χ0n) is 17.6. The van der Waals surface area contributed by atoms with Crippen LogP contribution in [0, 0.1) is 5.92 Å². The van der Waals surface area contributed by atoms with E-state index in [1.165, 1.54) is 0 Å². The number of ether oxygens (including phenoxy) is 2. The van der Waals surface area contributed by atoms with Gasteiger partial charge in [-0.05, 0) is 18.4 Å². The number of amides is 1. The molecule has 5 rings (SSSR count).